The molecule has 1 aliphatic carbocycles. The third-order valence-electron chi connectivity index (χ3n) is 5.94. The molecule has 0 spiro atoms. The van der Waals surface area contributed by atoms with Crippen LogP contribution in [0.3, 0.4) is 0 Å². The minimum absolute atomic E-state index is 0.0814. The Labute approximate surface area is 186 Å². The van der Waals surface area contributed by atoms with Crippen molar-refractivity contribution < 1.29 is 23.9 Å². The van der Waals surface area contributed by atoms with E-state index in [4.69, 9.17) is 9.47 Å². The molecule has 0 aromatic heterocycles. The average Bonchev–Trinajstić information content (AvgIpc) is 2.82. The van der Waals surface area contributed by atoms with Gasteiger partial charge in [-0.2, -0.15) is 0 Å². The number of fused-ring (bicyclic) bond motifs is 1. The number of hydrogen-bond donors (Lipinski definition) is 1. The summed E-state index contributed by atoms with van der Waals surface area (Å²) in [5.41, 5.74) is 3.99. The molecule has 32 heavy (non-hydrogen) atoms. The lowest BCUT2D eigenvalue weighted by Crippen LogP contribution is -2.40. The number of rotatable bonds is 5. The maximum atomic E-state index is 13.2. The summed E-state index contributed by atoms with van der Waals surface area (Å²) in [4.78, 5) is 38.0. The van der Waals surface area contributed by atoms with Crippen LogP contribution in [0.2, 0.25) is 0 Å². The van der Waals surface area contributed by atoms with Crippen LogP contribution in [0.4, 0.5) is 0 Å². The van der Waals surface area contributed by atoms with E-state index in [0.717, 1.165) is 16.8 Å². The van der Waals surface area contributed by atoms with E-state index in [9.17, 15) is 14.4 Å². The van der Waals surface area contributed by atoms with Crippen molar-refractivity contribution in [3.63, 3.8) is 0 Å². The summed E-state index contributed by atoms with van der Waals surface area (Å²) in [7, 11) is 1.33. The van der Waals surface area contributed by atoms with Gasteiger partial charge in [-0.3, -0.25) is 4.79 Å². The van der Waals surface area contributed by atoms with Gasteiger partial charge >= 0.3 is 11.9 Å². The summed E-state index contributed by atoms with van der Waals surface area (Å²) in [6.07, 6.45) is 3.13. The first kappa shape index (κ1) is 21.6. The van der Waals surface area contributed by atoms with Gasteiger partial charge in [0.25, 0.3) is 0 Å². The van der Waals surface area contributed by atoms with Gasteiger partial charge in [-0.05, 0) is 36.6 Å². The molecule has 6 nitrogen and oxygen atoms in total. The monoisotopic (exact) mass is 431 g/mol. The molecule has 164 valence electrons. The van der Waals surface area contributed by atoms with Crippen molar-refractivity contribution in [1.82, 2.24) is 5.32 Å². The fourth-order valence-electron chi connectivity index (χ4n) is 4.39. The minimum atomic E-state index is -0.495. The smallest absolute Gasteiger partial charge is 0.337 e. The summed E-state index contributed by atoms with van der Waals surface area (Å²) < 4.78 is 10.4. The molecule has 2 unspecified atom stereocenters. The number of ketones is 1. The van der Waals surface area contributed by atoms with E-state index < -0.39 is 23.8 Å². The molecule has 6 heteroatoms. The van der Waals surface area contributed by atoms with Crippen molar-refractivity contribution in [1.29, 1.82) is 0 Å². The number of ether oxygens (including phenoxy) is 2. The van der Waals surface area contributed by atoms with E-state index in [-0.39, 0.29) is 12.4 Å². The Balaban J connectivity index is 1.71. The zero-order valence-corrected chi connectivity index (χ0v) is 18.1. The lowest BCUT2D eigenvalue weighted by Gasteiger charge is -2.38. The van der Waals surface area contributed by atoms with Crippen LogP contribution < -0.4 is 5.32 Å². The molecule has 2 atom stereocenters. The molecule has 0 saturated carbocycles. The van der Waals surface area contributed by atoms with E-state index >= 15 is 0 Å². The van der Waals surface area contributed by atoms with Crippen molar-refractivity contribution in [2.24, 2.45) is 5.92 Å². The number of benzene rings is 2. The first-order valence-corrected chi connectivity index (χ1v) is 10.6. The number of allylic oxidation sites excluding steroid dienone is 3. The number of esters is 2. The Morgan fingerprint density at radius 3 is 2.41 bits per heavy atom. The Morgan fingerprint density at radius 1 is 1.00 bits per heavy atom. The van der Waals surface area contributed by atoms with Crippen LogP contribution in [0.5, 0.6) is 0 Å². The summed E-state index contributed by atoms with van der Waals surface area (Å²) in [6.45, 7) is 1.97. The summed E-state index contributed by atoms with van der Waals surface area (Å²) in [6, 6.07) is 16.3. The summed E-state index contributed by atoms with van der Waals surface area (Å²) >= 11 is 0. The molecule has 0 amide bonds. The summed E-state index contributed by atoms with van der Waals surface area (Å²) in [5, 5.41) is 3.26. The second kappa shape index (κ2) is 9.22. The second-order valence-electron chi connectivity index (χ2n) is 7.96. The lowest BCUT2D eigenvalue weighted by molar-refractivity contribution is -0.141. The molecule has 1 N–H and O–H groups in total. The van der Waals surface area contributed by atoms with Crippen LogP contribution in [-0.2, 0) is 25.7 Å². The van der Waals surface area contributed by atoms with Crippen LogP contribution in [0.1, 0.15) is 47.2 Å². The Morgan fingerprint density at radius 2 is 1.72 bits per heavy atom. The van der Waals surface area contributed by atoms with Crippen molar-refractivity contribution in [3.8, 4) is 0 Å². The van der Waals surface area contributed by atoms with E-state index in [1.54, 1.807) is 24.3 Å². The normalized spacial score (nSPS) is 20.1. The zero-order valence-electron chi connectivity index (χ0n) is 18.1. The van der Waals surface area contributed by atoms with Crippen LogP contribution in [0, 0.1) is 5.92 Å². The number of carbonyl (C=O) groups excluding carboxylic acids is 3. The third kappa shape index (κ3) is 4.21. The van der Waals surface area contributed by atoms with Crippen LogP contribution >= 0.6 is 0 Å². The highest BCUT2D eigenvalue weighted by molar-refractivity contribution is 5.96. The van der Waals surface area contributed by atoms with Gasteiger partial charge in [-0.25, -0.2) is 9.59 Å². The molecule has 2 aliphatic rings. The van der Waals surface area contributed by atoms with Crippen molar-refractivity contribution in [3.05, 3.63) is 94.3 Å². The zero-order chi connectivity index (χ0) is 22.7. The molecule has 1 aliphatic heterocycles. The van der Waals surface area contributed by atoms with Gasteiger partial charge < -0.3 is 14.8 Å². The fraction of sp³-hybridized carbons (Fsp3) is 0.269. The van der Waals surface area contributed by atoms with Gasteiger partial charge in [-0.15, -0.1) is 0 Å². The Hall–Kier alpha value is -3.67. The molecule has 1 heterocycles. The van der Waals surface area contributed by atoms with Gasteiger partial charge in [-0.1, -0.05) is 48.5 Å². The lowest BCUT2D eigenvalue weighted by atomic mass is 9.71. The van der Waals surface area contributed by atoms with Crippen LogP contribution in [0.15, 0.2) is 77.6 Å². The Bertz CT molecular complexity index is 1100. The molecular formula is C26H25NO5. The van der Waals surface area contributed by atoms with Gasteiger partial charge in [0, 0.05) is 23.7 Å². The van der Waals surface area contributed by atoms with Gasteiger partial charge in [0.15, 0.2) is 0 Å². The highest BCUT2D eigenvalue weighted by Crippen LogP contribution is 2.44. The van der Waals surface area contributed by atoms with Gasteiger partial charge in [0.1, 0.15) is 12.4 Å². The molecule has 2 aromatic rings. The molecule has 0 bridgehead atoms. The van der Waals surface area contributed by atoms with Crippen LogP contribution in [0.25, 0.3) is 0 Å². The van der Waals surface area contributed by atoms with E-state index in [1.807, 2.05) is 43.3 Å². The van der Waals surface area contributed by atoms with E-state index in [0.29, 0.717) is 29.7 Å². The van der Waals surface area contributed by atoms with E-state index in [1.165, 1.54) is 7.11 Å². The molecule has 2 aromatic carbocycles. The highest BCUT2D eigenvalue weighted by Gasteiger charge is 2.43. The summed E-state index contributed by atoms with van der Waals surface area (Å²) in [5.74, 6) is -1.80. The van der Waals surface area contributed by atoms with Crippen molar-refractivity contribution in [2.75, 3.05) is 7.11 Å². The first-order valence-electron chi connectivity index (χ1n) is 10.6. The molecule has 0 fully saturated rings. The van der Waals surface area contributed by atoms with Crippen molar-refractivity contribution in [2.45, 2.75) is 32.3 Å². The predicted octanol–water partition coefficient (Wildman–Crippen LogP) is 4.04. The quantitative estimate of drug-likeness (QED) is 0.720. The maximum absolute atomic E-state index is 13.2. The number of Topliss-reactive ketones (excluding diaryl/α,β-unsaturated/α-hetero) is 1. The Kier molecular flexibility index (Phi) is 6.21. The van der Waals surface area contributed by atoms with Gasteiger partial charge in [0.05, 0.1) is 24.2 Å². The maximum Gasteiger partial charge on any atom is 0.337 e. The molecular weight excluding hydrogens is 406 g/mol. The second-order valence-corrected chi connectivity index (χ2v) is 7.96. The number of methoxy groups -OCH3 is 1. The molecule has 0 radical (unpaired) electrons. The van der Waals surface area contributed by atoms with E-state index in [2.05, 4.69) is 5.32 Å². The number of carbonyl (C=O) groups is 3. The fourth-order valence-corrected chi connectivity index (χ4v) is 4.39. The highest BCUT2D eigenvalue weighted by atomic mass is 16.5. The molecule has 0 saturated heterocycles. The van der Waals surface area contributed by atoms with Gasteiger partial charge in [0.2, 0.25) is 0 Å². The number of hydrogen-bond acceptors (Lipinski definition) is 6. The largest absolute Gasteiger partial charge is 0.465 e. The first-order chi connectivity index (χ1) is 15.5. The number of nitrogens with one attached hydrogen (secondary N) is 1. The minimum Gasteiger partial charge on any atom is -0.465 e. The average molecular weight is 431 g/mol. The molecule has 4 rings (SSSR count). The third-order valence-corrected chi connectivity index (χ3v) is 5.94. The standard InChI is InChI=1S/C26H25NO5/c1-16-22(26(30)32-15-17-7-4-3-5-8-17)23(24-20(27-16)9-6-10-21(24)28)18-11-13-19(14-12-18)25(29)31-2/h3-5,7-9,11-14,23-24,27H,6,10,15H2,1-2H3. The topological polar surface area (TPSA) is 81.7 Å². The van der Waals surface area contributed by atoms with Crippen LogP contribution in [-0.4, -0.2) is 24.8 Å². The van der Waals surface area contributed by atoms with Crippen molar-refractivity contribution >= 4 is 17.7 Å². The predicted molar refractivity (Wildman–Crippen MR) is 118 cm³/mol. The SMILES string of the molecule is COC(=O)c1ccc(C2C(C(=O)OCc3ccccc3)=C(C)NC3=CCCC(=O)C32)cc1.